The van der Waals surface area contributed by atoms with Gasteiger partial charge >= 0.3 is 139 Å². The van der Waals surface area contributed by atoms with Gasteiger partial charge in [-0.25, -0.2) is 0 Å². The minimum atomic E-state index is -2.32. The molecule has 7 rings (SSSR count). The molecule has 243 valence electrons. The predicted molar refractivity (Wildman–Crippen MR) is 194 cm³/mol. The Morgan fingerprint density at radius 2 is 1.81 bits per heavy atom. The summed E-state index contributed by atoms with van der Waals surface area (Å²) in [5.74, 6) is 7.19. The van der Waals surface area contributed by atoms with E-state index in [9.17, 15) is 0 Å². The van der Waals surface area contributed by atoms with Gasteiger partial charge < -0.3 is 8.98 Å². The third-order valence-corrected chi connectivity index (χ3v) is 12.1. The number of aromatic nitrogens is 4. The molecule has 0 bridgehead atoms. The molecule has 0 unspecified atom stereocenters. The fraction of sp³-hybridized carbons (Fsp3) is 0.275. The van der Waals surface area contributed by atoms with Gasteiger partial charge in [0.25, 0.3) is 0 Å². The number of rotatable bonds is 5. The molecular formula is C40H42GeIrN4O-2. The molecule has 0 amide bonds. The number of para-hydroxylation sites is 1. The average Bonchev–Trinajstić information content (AvgIpc) is 3.65. The van der Waals surface area contributed by atoms with Crippen LogP contribution >= 0.6 is 0 Å². The molecule has 0 aliphatic carbocycles. The van der Waals surface area contributed by atoms with Gasteiger partial charge in [-0.1, -0.05) is 36.0 Å². The van der Waals surface area contributed by atoms with Crippen LogP contribution < -0.4 is 4.40 Å². The molecule has 0 aliphatic rings. The van der Waals surface area contributed by atoms with Crippen LogP contribution in [-0.2, 0) is 33.5 Å². The molecule has 1 radical (unpaired) electrons. The Labute approximate surface area is 305 Å². The van der Waals surface area contributed by atoms with Gasteiger partial charge in [0.15, 0.2) is 0 Å². The van der Waals surface area contributed by atoms with Crippen LogP contribution in [0.5, 0.6) is 0 Å². The van der Waals surface area contributed by atoms with Crippen molar-refractivity contribution in [1.29, 1.82) is 0 Å². The number of furan rings is 1. The van der Waals surface area contributed by atoms with Crippen molar-refractivity contribution in [2.24, 2.45) is 13.0 Å². The maximum Gasteiger partial charge on any atom is 0.120 e. The first-order valence-corrected chi connectivity index (χ1v) is 22.6. The molecule has 7 aromatic rings. The van der Waals surface area contributed by atoms with Crippen LogP contribution in [0, 0.1) is 38.7 Å². The van der Waals surface area contributed by atoms with Gasteiger partial charge in [-0.2, -0.15) is 0 Å². The Bertz CT molecular complexity index is 2500. The third-order valence-electron chi connectivity index (χ3n) is 7.90. The second-order valence-corrected chi connectivity index (χ2v) is 23.4. The van der Waals surface area contributed by atoms with Gasteiger partial charge in [0.1, 0.15) is 5.58 Å². The quantitative estimate of drug-likeness (QED) is 0.128. The molecule has 0 saturated carbocycles. The summed E-state index contributed by atoms with van der Waals surface area (Å²) in [5.41, 5.74) is 6.95. The van der Waals surface area contributed by atoms with Crippen molar-refractivity contribution in [3.05, 3.63) is 108 Å². The molecular weight excluding hydrogens is 817 g/mol. The van der Waals surface area contributed by atoms with Crippen molar-refractivity contribution in [2.45, 2.75) is 58.1 Å². The molecule has 0 fully saturated rings. The van der Waals surface area contributed by atoms with E-state index in [1.165, 1.54) is 12.1 Å². The summed E-state index contributed by atoms with van der Waals surface area (Å²) >= 11 is -2.32. The van der Waals surface area contributed by atoms with Crippen molar-refractivity contribution < 1.29 is 35.5 Å². The molecule has 0 aliphatic heterocycles. The number of hydrogen-bond acceptors (Lipinski definition) is 4. The molecule has 7 heteroatoms. The van der Waals surface area contributed by atoms with Crippen LogP contribution in [0.4, 0.5) is 0 Å². The molecule has 3 aromatic carbocycles. The summed E-state index contributed by atoms with van der Waals surface area (Å²) in [7, 11) is 1.91. The van der Waals surface area contributed by atoms with E-state index in [0.717, 1.165) is 26.4 Å². The zero-order valence-electron chi connectivity index (χ0n) is 35.5. The van der Waals surface area contributed by atoms with Gasteiger partial charge in [-0.05, 0) is 18.6 Å². The van der Waals surface area contributed by atoms with Gasteiger partial charge in [0.2, 0.25) is 0 Å². The summed E-state index contributed by atoms with van der Waals surface area (Å²) in [5, 5.41) is 1.36. The van der Waals surface area contributed by atoms with Crippen molar-refractivity contribution in [2.75, 3.05) is 0 Å². The Morgan fingerprint density at radius 1 is 1.00 bits per heavy atom. The zero-order chi connectivity index (χ0) is 39.5. The number of imidazole rings is 1. The summed E-state index contributed by atoms with van der Waals surface area (Å²) < 4.78 is 72.5. The van der Waals surface area contributed by atoms with E-state index in [1.54, 1.807) is 24.5 Å². The summed E-state index contributed by atoms with van der Waals surface area (Å²) in [4.78, 5) is 13.6. The fourth-order valence-electron chi connectivity index (χ4n) is 5.61. The van der Waals surface area contributed by atoms with Crippen molar-refractivity contribution in [1.82, 2.24) is 19.5 Å². The van der Waals surface area contributed by atoms with E-state index in [-0.39, 0.29) is 37.2 Å². The predicted octanol–water partition coefficient (Wildman–Crippen LogP) is 9.55. The first kappa shape index (κ1) is 25.4. The molecule has 0 saturated heterocycles. The maximum atomic E-state index is 8.60. The second-order valence-electron chi connectivity index (χ2n) is 12.9. The maximum absolute atomic E-state index is 8.60. The first-order chi connectivity index (χ1) is 25.1. The fourth-order valence-corrected chi connectivity index (χ4v) is 8.55. The Kier molecular flexibility index (Phi) is 7.51. The van der Waals surface area contributed by atoms with Crippen molar-refractivity contribution in [3.63, 3.8) is 0 Å². The van der Waals surface area contributed by atoms with Crippen LogP contribution in [-0.4, -0.2) is 32.8 Å². The zero-order valence-corrected chi connectivity index (χ0v) is 32.0. The molecule has 0 N–H and O–H groups in total. The molecule has 0 spiro atoms. The summed E-state index contributed by atoms with van der Waals surface area (Å²) in [6.45, 7) is 1.30. The average molecular weight is 868 g/mol. The Balaban J connectivity index is 0.000000208. The number of pyridine rings is 2. The molecule has 5 nitrogen and oxygen atoms in total. The van der Waals surface area contributed by atoms with E-state index in [4.69, 9.17) is 20.4 Å². The minimum absolute atomic E-state index is 0. The van der Waals surface area contributed by atoms with Gasteiger partial charge in [-0.15, -0.1) is 17.7 Å². The number of nitrogens with zero attached hydrogens (tertiary/aromatic N) is 4. The van der Waals surface area contributed by atoms with Gasteiger partial charge in [-0.3, -0.25) is 9.97 Å². The van der Waals surface area contributed by atoms with E-state index >= 15 is 0 Å². The summed E-state index contributed by atoms with van der Waals surface area (Å²) in [6.07, 6.45) is 3.91. The van der Waals surface area contributed by atoms with Crippen LogP contribution in [0.3, 0.4) is 0 Å². The number of fused-ring (bicyclic) bond motifs is 4. The van der Waals surface area contributed by atoms with Crippen LogP contribution in [0.15, 0.2) is 77.6 Å². The molecule has 0 atom stereocenters. The Morgan fingerprint density at radius 3 is 2.49 bits per heavy atom. The summed E-state index contributed by atoms with van der Waals surface area (Å²) in [6, 6.07) is 21.7. The molecule has 47 heavy (non-hydrogen) atoms. The first-order valence-electron chi connectivity index (χ1n) is 19.3. The van der Waals surface area contributed by atoms with Crippen LogP contribution in [0.25, 0.3) is 55.6 Å². The van der Waals surface area contributed by atoms with E-state index in [2.05, 4.69) is 39.4 Å². The number of aryl methyl sites for hydroxylation is 4. The van der Waals surface area contributed by atoms with Crippen molar-refractivity contribution >= 4 is 50.6 Å². The minimum Gasteiger partial charge on any atom is -0.501 e. The SMILES string of the molecule is [2H]C([2H])([2H])c1c[c-]c(-c2cc(C([2H])([2H])C(C)C)[c]([Ge]([CH3])([CH3])[CH3])cn2)cc1.[2H]C([2H])([2H])c1c[c-]c(-c2nc3c(C)cncc3n2C)c2oc3ccccc3c12.[Ir]. The molecule has 4 aromatic heterocycles. The van der Waals surface area contributed by atoms with Crippen LogP contribution in [0.2, 0.25) is 17.3 Å². The Hall–Kier alpha value is -3.58. The number of hydrogen-bond donors (Lipinski definition) is 0. The molecule has 4 heterocycles. The third kappa shape index (κ3) is 7.01. The topological polar surface area (TPSA) is 56.7 Å². The van der Waals surface area contributed by atoms with Crippen molar-refractivity contribution in [3.8, 4) is 22.6 Å². The second kappa shape index (κ2) is 13.9. The number of benzene rings is 3. The van der Waals surface area contributed by atoms with Gasteiger partial charge in [0, 0.05) is 42.8 Å². The smallest absolute Gasteiger partial charge is 0.120 e. The van der Waals surface area contributed by atoms with E-state index in [0.29, 0.717) is 44.8 Å². The normalized spacial score (nSPS) is 15.0. The van der Waals surface area contributed by atoms with Gasteiger partial charge in [0.05, 0.1) is 28.6 Å². The largest absolute Gasteiger partial charge is 0.501 e. The monoisotopic (exact) mass is 869 g/mol. The van der Waals surface area contributed by atoms with Crippen LogP contribution in [0.1, 0.15) is 47.1 Å². The van der Waals surface area contributed by atoms with E-state index < -0.39 is 33.3 Å². The van der Waals surface area contributed by atoms with E-state index in [1.807, 2.05) is 68.9 Å². The standard InChI is InChI=1S/C21H16N3O.C19H26GeN.Ir/c1-12-8-9-15(20-18(12)14-6-4-5-7-17(14)25-20)21-23-19-13(2)10-22-11-16(19)24(21)3;1-14(2)11-17-12-19(16-9-7-15(3)8-10-16)21-13-18(17)20(4,5)6;/h4-8,10-11H,1-3H3;7-9,12-14H,11H2,1-6H3;/q2*-1;/i1D3;3D3,11D2;.